The maximum absolute atomic E-state index is 11.6. The van der Waals surface area contributed by atoms with E-state index in [1.54, 1.807) is 19.1 Å². The van der Waals surface area contributed by atoms with Crippen LogP contribution in [-0.4, -0.2) is 40.6 Å². The minimum Gasteiger partial charge on any atom is -0.508 e. The monoisotopic (exact) mass is 290 g/mol. The number of phenolic OH excluding ortho intramolecular Hbond substituents is 1. The SMILES string of the molecule is CC1=NNC(=O)N(NC(=O)N/N=C/c2ccc(O)cc2)C1. The van der Waals surface area contributed by atoms with E-state index in [2.05, 4.69) is 26.5 Å². The first-order valence-corrected chi connectivity index (χ1v) is 6.04. The Labute approximate surface area is 120 Å². The van der Waals surface area contributed by atoms with Crippen molar-refractivity contribution in [1.29, 1.82) is 0 Å². The number of rotatable bonds is 3. The van der Waals surface area contributed by atoms with Crippen molar-refractivity contribution in [3.05, 3.63) is 29.8 Å². The van der Waals surface area contributed by atoms with E-state index in [1.807, 2.05) is 0 Å². The number of nitrogens with zero attached hydrogens (tertiary/aromatic N) is 3. The van der Waals surface area contributed by atoms with Crippen molar-refractivity contribution in [2.75, 3.05) is 6.54 Å². The molecule has 0 saturated carbocycles. The molecule has 110 valence electrons. The highest BCUT2D eigenvalue weighted by molar-refractivity contribution is 5.92. The zero-order valence-electron chi connectivity index (χ0n) is 11.2. The number of phenols is 1. The Hall–Kier alpha value is -3.10. The second kappa shape index (κ2) is 6.37. The quantitative estimate of drug-likeness (QED) is 0.475. The Balaban J connectivity index is 1.83. The predicted molar refractivity (Wildman–Crippen MR) is 75.7 cm³/mol. The summed E-state index contributed by atoms with van der Waals surface area (Å²) in [6.45, 7) is 1.91. The number of hydrogen-bond donors (Lipinski definition) is 4. The number of carbonyl (C=O) groups is 2. The molecule has 0 spiro atoms. The number of hydrazone groups is 2. The molecule has 0 unspecified atom stereocenters. The van der Waals surface area contributed by atoms with Crippen LogP contribution in [0.1, 0.15) is 12.5 Å². The summed E-state index contributed by atoms with van der Waals surface area (Å²) < 4.78 is 0. The number of urea groups is 2. The maximum atomic E-state index is 11.6. The highest BCUT2D eigenvalue weighted by Crippen LogP contribution is 2.07. The summed E-state index contributed by atoms with van der Waals surface area (Å²) in [5, 5.41) is 17.7. The lowest BCUT2D eigenvalue weighted by Crippen LogP contribution is -2.55. The van der Waals surface area contributed by atoms with E-state index in [4.69, 9.17) is 5.11 Å². The van der Waals surface area contributed by atoms with Gasteiger partial charge in [-0.3, -0.25) is 0 Å². The predicted octanol–water partition coefficient (Wildman–Crippen LogP) is 0.341. The van der Waals surface area contributed by atoms with Gasteiger partial charge < -0.3 is 5.11 Å². The number of carbonyl (C=O) groups excluding carboxylic acids is 2. The number of benzene rings is 1. The molecule has 1 aromatic carbocycles. The Kier molecular flexibility index (Phi) is 4.34. The normalized spacial score (nSPS) is 14.6. The molecule has 0 aromatic heterocycles. The van der Waals surface area contributed by atoms with Crippen molar-refractivity contribution in [3.63, 3.8) is 0 Å². The molecule has 2 rings (SSSR count). The highest BCUT2D eigenvalue weighted by Gasteiger charge is 2.20. The molecule has 4 amide bonds. The molecule has 9 nitrogen and oxygen atoms in total. The standard InChI is InChI=1S/C12H14N6O3/c1-8-7-18(12(21)16-14-8)17-11(20)15-13-6-9-2-4-10(19)5-3-9/h2-6,19H,7H2,1H3,(H,16,21)(H2,15,17,20)/b13-6+. The van der Waals surface area contributed by atoms with Crippen molar-refractivity contribution < 1.29 is 14.7 Å². The van der Waals surface area contributed by atoms with Gasteiger partial charge in [-0.2, -0.15) is 10.2 Å². The topological polar surface area (TPSA) is 118 Å². The van der Waals surface area contributed by atoms with Gasteiger partial charge in [0.2, 0.25) is 0 Å². The number of hydrazine groups is 1. The molecule has 0 fully saturated rings. The van der Waals surface area contributed by atoms with Gasteiger partial charge in [-0.1, -0.05) is 0 Å². The van der Waals surface area contributed by atoms with Crippen LogP contribution in [0.4, 0.5) is 9.59 Å². The van der Waals surface area contributed by atoms with E-state index in [9.17, 15) is 9.59 Å². The molecule has 0 bridgehead atoms. The van der Waals surface area contributed by atoms with Crippen LogP contribution < -0.4 is 16.3 Å². The maximum Gasteiger partial charge on any atom is 0.356 e. The fourth-order valence-corrected chi connectivity index (χ4v) is 1.50. The molecule has 1 heterocycles. The summed E-state index contributed by atoms with van der Waals surface area (Å²) in [6, 6.07) is 5.09. The number of nitrogens with one attached hydrogen (secondary N) is 3. The number of hydrogen-bond acceptors (Lipinski definition) is 5. The molecular formula is C12H14N6O3. The smallest absolute Gasteiger partial charge is 0.356 e. The Morgan fingerprint density at radius 1 is 1.48 bits per heavy atom. The Morgan fingerprint density at radius 2 is 2.19 bits per heavy atom. The first-order valence-electron chi connectivity index (χ1n) is 6.04. The molecule has 1 aliphatic rings. The summed E-state index contributed by atoms with van der Waals surface area (Å²) in [4.78, 5) is 23.0. The van der Waals surface area contributed by atoms with Crippen molar-refractivity contribution in [1.82, 2.24) is 21.3 Å². The molecule has 0 aliphatic carbocycles. The van der Waals surface area contributed by atoms with Gasteiger partial charge in [0.1, 0.15) is 5.75 Å². The average molecular weight is 290 g/mol. The largest absolute Gasteiger partial charge is 0.508 e. The van der Waals surface area contributed by atoms with Crippen LogP contribution in [-0.2, 0) is 0 Å². The summed E-state index contributed by atoms with van der Waals surface area (Å²) in [7, 11) is 0. The van der Waals surface area contributed by atoms with E-state index in [-0.39, 0.29) is 12.3 Å². The van der Waals surface area contributed by atoms with Crippen molar-refractivity contribution in [3.8, 4) is 5.75 Å². The van der Waals surface area contributed by atoms with Gasteiger partial charge in [0.15, 0.2) is 0 Å². The van der Waals surface area contributed by atoms with Crippen LogP contribution in [0, 0.1) is 0 Å². The minimum atomic E-state index is -0.658. The van der Waals surface area contributed by atoms with Crippen LogP contribution in [0.15, 0.2) is 34.5 Å². The summed E-state index contributed by atoms with van der Waals surface area (Å²) in [5.74, 6) is 0.144. The molecule has 9 heteroatoms. The minimum absolute atomic E-state index is 0.144. The molecule has 0 radical (unpaired) electrons. The Morgan fingerprint density at radius 3 is 2.90 bits per heavy atom. The van der Waals surface area contributed by atoms with Crippen molar-refractivity contribution >= 4 is 24.0 Å². The van der Waals surface area contributed by atoms with Crippen LogP contribution in [0.3, 0.4) is 0 Å². The second-order valence-electron chi connectivity index (χ2n) is 4.25. The third kappa shape index (κ3) is 4.20. The van der Waals surface area contributed by atoms with Gasteiger partial charge in [-0.25, -0.2) is 30.9 Å². The summed E-state index contributed by atoms with van der Waals surface area (Å²) in [5.41, 5.74) is 8.16. The van der Waals surface area contributed by atoms with Crippen LogP contribution in [0.5, 0.6) is 5.75 Å². The van der Waals surface area contributed by atoms with E-state index in [0.717, 1.165) is 5.01 Å². The molecule has 4 N–H and O–H groups in total. The molecule has 1 aromatic rings. The third-order valence-corrected chi connectivity index (χ3v) is 2.48. The zero-order valence-corrected chi connectivity index (χ0v) is 11.2. The van der Waals surface area contributed by atoms with E-state index < -0.39 is 12.1 Å². The lowest BCUT2D eigenvalue weighted by molar-refractivity contribution is 0.173. The van der Waals surface area contributed by atoms with Crippen LogP contribution in [0.2, 0.25) is 0 Å². The van der Waals surface area contributed by atoms with Gasteiger partial charge in [0, 0.05) is 0 Å². The highest BCUT2D eigenvalue weighted by atomic mass is 16.3. The molecule has 21 heavy (non-hydrogen) atoms. The number of amides is 4. The van der Waals surface area contributed by atoms with Gasteiger partial charge in [-0.15, -0.1) is 0 Å². The van der Waals surface area contributed by atoms with Crippen molar-refractivity contribution in [2.24, 2.45) is 10.2 Å². The van der Waals surface area contributed by atoms with Gasteiger partial charge in [-0.05, 0) is 36.8 Å². The fourth-order valence-electron chi connectivity index (χ4n) is 1.50. The molecule has 1 aliphatic heterocycles. The molecule has 0 atom stereocenters. The van der Waals surface area contributed by atoms with Gasteiger partial charge >= 0.3 is 12.1 Å². The number of aromatic hydroxyl groups is 1. The van der Waals surface area contributed by atoms with Crippen LogP contribution in [0.25, 0.3) is 0 Å². The van der Waals surface area contributed by atoms with E-state index in [1.165, 1.54) is 18.3 Å². The lowest BCUT2D eigenvalue weighted by Gasteiger charge is -2.25. The van der Waals surface area contributed by atoms with Crippen molar-refractivity contribution in [2.45, 2.75) is 6.92 Å². The summed E-state index contributed by atoms with van der Waals surface area (Å²) in [6.07, 6.45) is 1.40. The van der Waals surface area contributed by atoms with E-state index in [0.29, 0.717) is 11.3 Å². The Bertz CT molecular complexity index is 596. The second-order valence-corrected chi connectivity index (χ2v) is 4.25. The van der Waals surface area contributed by atoms with Gasteiger partial charge in [0.25, 0.3) is 0 Å². The van der Waals surface area contributed by atoms with Gasteiger partial charge in [0.05, 0.1) is 18.5 Å². The molecular weight excluding hydrogens is 276 g/mol. The van der Waals surface area contributed by atoms with E-state index >= 15 is 0 Å². The average Bonchev–Trinajstić information content (AvgIpc) is 2.45. The summed E-state index contributed by atoms with van der Waals surface area (Å²) >= 11 is 0. The third-order valence-electron chi connectivity index (χ3n) is 2.48. The first-order chi connectivity index (χ1) is 10.0. The lowest BCUT2D eigenvalue weighted by atomic mass is 10.2. The van der Waals surface area contributed by atoms with Crippen LogP contribution >= 0.6 is 0 Å². The zero-order chi connectivity index (χ0) is 15.2. The first kappa shape index (κ1) is 14.3. The molecule has 0 saturated heterocycles. The fraction of sp³-hybridized carbons (Fsp3) is 0.167.